The van der Waals surface area contributed by atoms with Crippen molar-refractivity contribution in [3.63, 3.8) is 0 Å². The summed E-state index contributed by atoms with van der Waals surface area (Å²) in [5, 5.41) is 6.92. The van der Waals surface area contributed by atoms with Crippen LogP contribution in [0.3, 0.4) is 0 Å². The van der Waals surface area contributed by atoms with Gasteiger partial charge >= 0.3 is 6.18 Å². The lowest BCUT2D eigenvalue weighted by atomic mass is 9.95. The number of aryl methyl sites for hydroxylation is 1. The fourth-order valence-electron chi connectivity index (χ4n) is 2.75. The average molecular weight is 383 g/mol. The van der Waals surface area contributed by atoms with Crippen LogP contribution in [0, 0.1) is 6.92 Å². The smallest absolute Gasteiger partial charge is 0.278 e. The number of H-pyrrole nitrogens is 1. The number of rotatable bonds is 3. The van der Waals surface area contributed by atoms with E-state index in [1.54, 1.807) is 6.92 Å². The van der Waals surface area contributed by atoms with Gasteiger partial charge in [-0.2, -0.15) is 18.3 Å². The van der Waals surface area contributed by atoms with E-state index >= 15 is 0 Å². The van der Waals surface area contributed by atoms with Gasteiger partial charge in [-0.15, -0.1) is 0 Å². The van der Waals surface area contributed by atoms with E-state index in [1.165, 1.54) is 38.5 Å². The van der Waals surface area contributed by atoms with Crippen LogP contribution in [0.15, 0.2) is 41.4 Å². The van der Waals surface area contributed by atoms with E-state index in [0.29, 0.717) is 22.1 Å². The van der Waals surface area contributed by atoms with Gasteiger partial charge in [0.05, 0.1) is 22.2 Å². The number of nitrogens with zero attached hydrogens (tertiary/aromatic N) is 2. The van der Waals surface area contributed by atoms with E-state index in [9.17, 15) is 21.6 Å². The topological polar surface area (TPSA) is 66.1 Å². The molecular formula is C17H16F3N3O2S. The average Bonchev–Trinajstić information content (AvgIpc) is 3.01. The molecule has 0 atom stereocenters. The molecular weight excluding hydrogens is 367 g/mol. The van der Waals surface area contributed by atoms with Gasteiger partial charge in [-0.1, -0.05) is 6.07 Å². The van der Waals surface area contributed by atoms with Gasteiger partial charge in [0.1, 0.15) is 0 Å². The lowest BCUT2D eigenvalue weighted by Crippen LogP contribution is -2.22. The quantitative estimate of drug-likeness (QED) is 0.748. The molecule has 1 heterocycles. The molecule has 0 aliphatic rings. The van der Waals surface area contributed by atoms with E-state index in [-0.39, 0.29) is 10.4 Å². The van der Waals surface area contributed by atoms with Crippen LogP contribution in [-0.4, -0.2) is 37.0 Å². The minimum atomic E-state index is -4.50. The molecule has 0 bridgehead atoms. The van der Waals surface area contributed by atoms with Gasteiger partial charge in [0.2, 0.25) is 10.0 Å². The predicted molar refractivity (Wildman–Crippen MR) is 92.1 cm³/mol. The van der Waals surface area contributed by atoms with Gasteiger partial charge in [-0.05, 0) is 47.9 Å². The number of aromatic amines is 1. The van der Waals surface area contributed by atoms with Gasteiger partial charge in [0, 0.05) is 19.5 Å². The first-order valence-corrected chi connectivity index (χ1v) is 9.03. The number of benzene rings is 2. The van der Waals surface area contributed by atoms with Crippen LogP contribution >= 0.6 is 0 Å². The summed E-state index contributed by atoms with van der Waals surface area (Å²) in [5.74, 6) is 0. The summed E-state index contributed by atoms with van der Waals surface area (Å²) in [6, 6.07) is 6.43. The Morgan fingerprint density at radius 1 is 1.08 bits per heavy atom. The molecule has 0 amide bonds. The predicted octanol–water partition coefficient (Wildman–Crippen LogP) is 3.81. The molecule has 0 aliphatic carbocycles. The summed E-state index contributed by atoms with van der Waals surface area (Å²) in [5.41, 5.74) is 0.873. The molecule has 1 N–H and O–H groups in total. The summed E-state index contributed by atoms with van der Waals surface area (Å²) in [6.07, 6.45) is -3.05. The SMILES string of the molecule is Cc1cc(S(=O)(=O)N(C)C)ccc1-c1cc(C(F)(F)F)cc2[nH]ncc12. The Labute approximate surface area is 148 Å². The monoisotopic (exact) mass is 383 g/mol. The van der Waals surface area contributed by atoms with Gasteiger partial charge in [-0.25, -0.2) is 12.7 Å². The first-order chi connectivity index (χ1) is 12.0. The van der Waals surface area contributed by atoms with Gasteiger partial charge < -0.3 is 0 Å². The zero-order chi connectivity index (χ0) is 19.3. The Bertz CT molecular complexity index is 1090. The van der Waals surface area contributed by atoms with Crippen molar-refractivity contribution in [2.75, 3.05) is 14.1 Å². The fraction of sp³-hybridized carbons (Fsp3) is 0.235. The second kappa shape index (κ2) is 6.10. The molecule has 3 rings (SSSR count). The number of alkyl halides is 3. The minimum absolute atomic E-state index is 0.0826. The van der Waals surface area contributed by atoms with Crippen molar-refractivity contribution in [2.45, 2.75) is 18.0 Å². The van der Waals surface area contributed by atoms with Gasteiger partial charge in [0.15, 0.2) is 0 Å². The second-order valence-electron chi connectivity index (χ2n) is 6.12. The second-order valence-corrected chi connectivity index (χ2v) is 8.27. The molecule has 0 aliphatic heterocycles. The molecule has 26 heavy (non-hydrogen) atoms. The third-order valence-electron chi connectivity index (χ3n) is 4.15. The number of sulfonamides is 1. The third-order valence-corrected chi connectivity index (χ3v) is 5.96. The van der Waals surface area contributed by atoms with Crippen LogP contribution in [0.5, 0.6) is 0 Å². The highest BCUT2D eigenvalue weighted by Gasteiger charge is 2.32. The van der Waals surface area contributed by atoms with Crippen LogP contribution in [0.1, 0.15) is 11.1 Å². The van der Waals surface area contributed by atoms with Crippen LogP contribution in [0.4, 0.5) is 13.2 Å². The van der Waals surface area contributed by atoms with Crippen LogP contribution in [0.2, 0.25) is 0 Å². The van der Waals surface area contributed by atoms with Crippen molar-refractivity contribution in [1.82, 2.24) is 14.5 Å². The van der Waals surface area contributed by atoms with Crippen LogP contribution in [-0.2, 0) is 16.2 Å². The third kappa shape index (κ3) is 3.08. The van der Waals surface area contributed by atoms with E-state index in [0.717, 1.165) is 16.4 Å². The molecule has 5 nitrogen and oxygen atoms in total. The van der Waals surface area contributed by atoms with Crippen LogP contribution in [0.25, 0.3) is 22.0 Å². The minimum Gasteiger partial charge on any atom is -0.278 e. The molecule has 1 aromatic heterocycles. The normalized spacial score (nSPS) is 12.9. The number of hydrogen-bond acceptors (Lipinski definition) is 3. The number of nitrogens with one attached hydrogen (secondary N) is 1. The van der Waals surface area contributed by atoms with E-state index in [4.69, 9.17) is 0 Å². The maximum absolute atomic E-state index is 13.2. The van der Waals surface area contributed by atoms with Crippen LogP contribution < -0.4 is 0 Å². The Morgan fingerprint density at radius 3 is 2.35 bits per heavy atom. The number of hydrogen-bond donors (Lipinski definition) is 1. The van der Waals surface area contributed by atoms with Crippen molar-refractivity contribution >= 4 is 20.9 Å². The summed E-state index contributed by atoms with van der Waals surface area (Å²) in [6.45, 7) is 1.66. The maximum atomic E-state index is 13.2. The highest BCUT2D eigenvalue weighted by Crippen LogP contribution is 2.38. The highest BCUT2D eigenvalue weighted by molar-refractivity contribution is 7.89. The molecule has 0 radical (unpaired) electrons. The summed E-state index contributed by atoms with van der Waals surface area (Å²) >= 11 is 0. The van der Waals surface area contributed by atoms with Gasteiger partial charge in [0.25, 0.3) is 0 Å². The molecule has 0 saturated carbocycles. The Kier molecular flexibility index (Phi) is 4.32. The maximum Gasteiger partial charge on any atom is 0.416 e. The summed E-state index contributed by atoms with van der Waals surface area (Å²) in [4.78, 5) is 0.0826. The molecule has 3 aromatic rings. The fourth-order valence-corrected chi connectivity index (χ4v) is 3.73. The first-order valence-electron chi connectivity index (χ1n) is 7.59. The van der Waals surface area contributed by atoms with Crippen molar-refractivity contribution in [2.24, 2.45) is 0 Å². The molecule has 0 unspecified atom stereocenters. The van der Waals surface area contributed by atoms with E-state index < -0.39 is 21.8 Å². The molecule has 138 valence electrons. The standard InChI is InChI=1S/C17H16F3N3O2S/c1-10-6-12(26(24,25)23(2)3)4-5-13(10)14-7-11(17(18,19)20)8-16-15(14)9-21-22-16/h4-9H,1-3H3,(H,21,22). The zero-order valence-electron chi connectivity index (χ0n) is 14.2. The first kappa shape index (κ1) is 18.4. The molecule has 0 spiro atoms. The lowest BCUT2D eigenvalue weighted by Gasteiger charge is -2.15. The van der Waals surface area contributed by atoms with Crippen molar-refractivity contribution in [3.05, 3.63) is 47.7 Å². The number of aromatic nitrogens is 2. The molecule has 2 aromatic carbocycles. The number of halogens is 3. The van der Waals surface area contributed by atoms with Crippen molar-refractivity contribution < 1.29 is 21.6 Å². The summed E-state index contributed by atoms with van der Waals surface area (Å²) in [7, 11) is -0.792. The summed E-state index contributed by atoms with van der Waals surface area (Å²) < 4.78 is 65.2. The molecule has 0 saturated heterocycles. The lowest BCUT2D eigenvalue weighted by molar-refractivity contribution is -0.137. The largest absolute Gasteiger partial charge is 0.416 e. The highest BCUT2D eigenvalue weighted by atomic mass is 32.2. The zero-order valence-corrected chi connectivity index (χ0v) is 15.0. The van der Waals surface area contributed by atoms with Gasteiger partial charge in [-0.3, -0.25) is 5.10 Å². The Morgan fingerprint density at radius 2 is 1.77 bits per heavy atom. The molecule has 9 heteroatoms. The Hall–Kier alpha value is -2.39. The molecule has 0 fully saturated rings. The number of fused-ring (bicyclic) bond motifs is 1. The van der Waals surface area contributed by atoms with E-state index in [2.05, 4.69) is 10.2 Å². The van der Waals surface area contributed by atoms with Crippen molar-refractivity contribution in [3.8, 4) is 11.1 Å². The Balaban J connectivity index is 2.23. The van der Waals surface area contributed by atoms with Crippen molar-refractivity contribution in [1.29, 1.82) is 0 Å². The van der Waals surface area contributed by atoms with E-state index in [1.807, 2.05) is 0 Å².